The Hall–Kier alpha value is -0.420. The minimum absolute atomic E-state index is 0.170. The molecular weight excluding hydrogens is 420 g/mol. The fourth-order valence-corrected chi connectivity index (χ4v) is 5.18. The highest BCUT2D eigenvalue weighted by Crippen LogP contribution is 2.29. The van der Waals surface area contributed by atoms with Gasteiger partial charge in [-0.25, -0.2) is 8.42 Å². The van der Waals surface area contributed by atoms with E-state index in [4.69, 9.17) is 5.26 Å². The number of hydrogen-bond donors (Lipinski definition) is 0. The van der Waals surface area contributed by atoms with E-state index < -0.39 is 10.0 Å². The van der Waals surface area contributed by atoms with Crippen LogP contribution >= 0.6 is 31.9 Å². The summed E-state index contributed by atoms with van der Waals surface area (Å²) in [5.74, 6) is 0. The summed E-state index contributed by atoms with van der Waals surface area (Å²) >= 11 is 6.61. The maximum Gasteiger partial charge on any atom is 0.244 e. The Morgan fingerprint density at radius 2 is 1.90 bits per heavy atom. The van der Waals surface area contributed by atoms with Gasteiger partial charge in [0.15, 0.2) is 0 Å². The highest BCUT2D eigenvalue weighted by atomic mass is 79.9. The number of nitrogens with zero attached hydrogens (tertiary/aromatic N) is 2. The molecule has 1 rings (SSSR count). The molecule has 0 fully saturated rings. The van der Waals surface area contributed by atoms with E-state index in [-0.39, 0.29) is 23.3 Å². The van der Waals surface area contributed by atoms with Gasteiger partial charge in [-0.15, -0.1) is 0 Å². The summed E-state index contributed by atoms with van der Waals surface area (Å²) in [6.45, 7) is 6.47. The van der Waals surface area contributed by atoms with Crippen LogP contribution in [0.5, 0.6) is 0 Å². The fraction of sp³-hybridized carbons (Fsp3) is 0.500. The summed E-state index contributed by atoms with van der Waals surface area (Å²) in [4.78, 5) is 0.216. The van der Waals surface area contributed by atoms with Crippen LogP contribution in [0, 0.1) is 16.7 Å². The van der Waals surface area contributed by atoms with Crippen molar-refractivity contribution in [3.8, 4) is 6.07 Å². The molecule has 0 bridgehead atoms. The monoisotopic (exact) mass is 436 g/mol. The molecule has 1 aromatic rings. The molecule has 0 unspecified atom stereocenters. The van der Waals surface area contributed by atoms with Crippen LogP contribution in [0.4, 0.5) is 0 Å². The third kappa shape index (κ3) is 5.37. The minimum atomic E-state index is -3.64. The molecule has 0 radical (unpaired) electrons. The molecule has 21 heavy (non-hydrogen) atoms. The molecule has 0 saturated heterocycles. The zero-order valence-electron chi connectivity index (χ0n) is 12.2. The van der Waals surface area contributed by atoms with E-state index in [1.807, 2.05) is 26.8 Å². The zero-order valence-corrected chi connectivity index (χ0v) is 16.2. The van der Waals surface area contributed by atoms with E-state index in [0.717, 1.165) is 4.47 Å². The van der Waals surface area contributed by atoms with Crippen molar-refractivity contribution >= 4 is 41.9 Å². The van der Waals surface area contributed by atoms with Gasteiger partial charge in [0.2, 0.25) is 10.0 Å². The van der Waals surface area contributed by atoms with Crippen LogP contribution in [0.3, 0.4) is 0 Å². The van der Waals surface area contributed by atoms with Crippen molar-refractivity contribution in [2.24, 2.45) is 5.41 Å². The van der Waals surface area contributed by atoms with Crippen LogP contribution in [0.2, 0.25) is 0 Å². The molecule has 4 nitrogen and oxygen atoms in total. The second kappa shape index (κ2) is 7.23. The van der Waals surface area contributed by atoms with E-state index in [2.05, 4.69) is 31.9 Å². The van der Waals surface area contributed by atoms with E-state index in [9.17, 15) is 8.42 Å². The molecule has 1 aromatic carbocycles. The second-order valence-electron chi connectivity index (χ2n) is 5.88. The Labute approximate surface area is 143 Å². The van der Waals surface area contributed by atoms with Crippen LogP contribution in [0.15, 0.2) is 32.0 Å². The summed E-state index contributed by atoms with van der Waals surface area (Å²) in [5, 5.41) is 8.75. The van der Waals surface area contributed by atoms with E-state index in [1.54, 1.807) is 18.2 Å². The van der Waals surface area contributed by atoms with Crippen LogP contribution in [0.25, 0.3) is 0 Å². The average molecular weight is 438 g/mol. The van der Waals surface area contributed by atoms with Gasteiger partial charge >= 0.3 is 0 Å². The first kappa shape index (κ1) is 18.6. The third-order valence-corrected chi connectivity index (χ3v) is 5.95. The van der Waals surface area contributed by atoms with Crippen LogP contribution < -0.4 is 0 Å². The zero-order chi connectivity index (χ0) is 16.3. The minimum Gasteiger partial charge on any atom is -0.207 e. The lowest BCUT2D eigenvalue weighted by atomic mass is 9.97. The molecule has 0 N–H and O–H groups in total. The lowest BCUT2D eigenvalue weighted by Gasteiger charge is -2.29. The first-order valence-corrected chi connectivity index (χ1v) is 9.43. The van der Waals surface area contributed by atoms with Gasteiger partial charge in [0.1, 0.15) is 0 Å². The van der Waals surface area contributed by atoms with Gasteiger partial charge in [0, 0.05) is 28.5 Å². The normalized spacial score (nSPS) is 12.4. The average Bonchev–Trinajstić information content (AvgIpc) is 2.32. The highest BCUT2D eigenvalue weighted by molar-refractivity contribution is 9.11. The number of benzene rings is 1. The lowest BCUT2D eigenvalue weighted by molar-refractivity contribution is 0.284. The number of rotatable bonds is 5. The Kier molecular flexibility index (Phi) is 6.41. The van der Waals surface area contributed by atoms with Crippen molar-refractivity contribution in [2.45, 2.75) is 32.1 Å². The maximum atomic E-state index is 12.8. The van der Waals surface area contributed by atoms with Crippen LogP contribution in [-0.4, -0.2) is 25.8 Å². The second-order valence-corrected chi connectivity index (χ2v) is 9.56. The molecule has 0 spiro atoms. The van der Waals surface area contributed by atoms with Crippen molar-refractivity contribution in [2.75, 3.05) is 13.1 Å². The first-order valence-electron chi connectivity index (χ1n) is 6.40. The first-order chi connectivity index (χ1) is 9.58. The molecule has 0 saturated carbocycles. The summed E-state index contributed by atoms with van der Waals surface area (Å²) in [6.07, 6.45) is 0.170. The topological polar surface area (TPSA) is 61.2 Å². The molecule has 7 heteroatoms. The van der Waals surface area contributed by atoms with Crippen LogP contribution in [-0.2, 0) is 10.0 Å². The van der Waals surface area contributed by atoms with Crippen molar-refractivity contribution in [1.82, 2.24) is 4.31 Å². The molecular formula is C14H18Br2N2O2S. The van der Waals surface area contributed by atoms with Gasteiger partial charge in [-0.1, -0.05) is 36.7 Å². The number of halogens is 2. The Balaban J connectivity index is 3.23. The highest BCUT2D eigenvalue weighted by Gasteiger charge is 2.29. The summed E-state index contributed by atoms with van der Waals surface area (Å²) in [6, 6.07) is 6.96. The van der Waals surface area contributed by atoms with Crippen molar-refractivity contribution in [3.05, 3.63) is 27.1 Å². The standard InChI is InChI=1S/C14H18Br2N2O2S/c1-14(2,3)10-18(8-4-7-17)21(19,20)13-6-5-11(15)9-12(13)16/h5-6,9H,4,8,10H2,1-3H3. The molecule has 0 aliphatic heterocycles. The van der Waals surface area contributed by atoms with Crippen molar-refractivity contribution in [3.63, 3.8) is 0 Å². The summed E-state index contributed by atoms with van der Waals surface area (Å²) < 4.78 is 28.3. The van der Waals surface area contributed by atoms with Crippen LogP contribution in [0.1, 0.15) is 27.2 Å². The lowest BCUT2D eigenvalue weighted by Crippen LogP contribution is -2.38. The quantitative estimate of drug-likeness (QED) is 0.694. The third-order valence-electron chi connectivity index (χ3n) is 2.64. The van der Waals surface area contributed by atoms with E-state index in [0.29, 0.717) is 11.0 Å². The fourth-order valence-electron chi connectivity index (χ4n) is 1.81. The van der Waals surface area contributed by atoms with E-state index in [1.165, 1.54) is 4.31 Å². The molecule has 0 atom stereocenters. The Morgan fingerprint density at radius 3 is 2.38 bits per heavy atom. The SMILES string of the molecule is CC(C)(C)CN(CCC#N)S(=O)(=O)c1ccc(Br)cc1Br. The number of hydrogen-bond acceptors (Lipinski definition) is 3. The molecule has 0 aliphatic carbocycles. The predicted octanol–water partition coefficient (Wildman–Crippen LogP) is 4.16. The summed E-state index contributed by atoms with van der Waals surface area (Å²) in [5.41, 5.74) is -0.190. The maximum absolute atomic E-state index is 12.8. The smallest absolute Gasteiger partial charge is 0.207 e. The number of nitriles is 1. The molecule has 0 heterocycles. The molecule has 0 amide bonds. The van der Waals surface area contributed by atoms with Gasteiger partial charge in [-0.05, 0) is 39.5 Å². The van der Waals surface area contributed by atoms with Crippen molar-refractivity contribution in [1.29, 1.82) is 5.26 Å². The van der Waals surface area contributed by atoms with E-state index >= 15 is 0 Å². The van der Waals surface area contributed by atoms with Crippen molar-refractivity contribution < 1.29 is 8.42 Å². The van der Waals surface area contributed by atoms with Gasteiger partial charge in [-0.2, -0.15) is 9.57 Å². The number of sulfonamides is 1. The largest absolute Gasteiger partial charge is 0.244 e. The van der Waals surface area contributed by atoms with Gasteiger partial charge in [0.25, 0.3) is 0 Å². The summed E-state index contributed by atoms with van der Waals surface area (Å²) in [7, 11) is -3.64. The van der Waals surface area contributed by atoms with Gasteiger partial charge in [-0.3, -0.25) is 0 Å². The van der Waals surface area contributed by atoms with Gasteiger partial charge in [0.05, 0.1) is 11.0 Å². The predicted molar refractivity (Wildman–Crippen MR) is 90.3 cm³/mol. The van der Waals surface area contributed by atoms with Gasteiger partial charge < -0.3 is 0 Å². The molecule has 0 aliphatic rings. The Bertz CT molecular complexity index is 646. The Morgan fingerprint density at radius 1 is 1.29 bits per heavy atom. The molecule has 116 valence electrons. The molecule has 0 aromatic heterocycles.